The number of thiophene rings is 1. The van der Waals surface area contributed by atoms with Gasteiger partial charge in [-0.1, -0.05) is 18.2 Å². The Hall–Kier alpha value is -2.69. The van der Waals surface area contributed by atoms with Crippen LogP contribution in [0.2, 0.25) is 0 Å². The first-order chi connectivity index (χ1) is 13.9. The molecule has 0 amide bonds. The maximum absolute atomic E-state index is 12.2. The quantitative estimate of drug-likeness (QED) is 0.439. The number of hydrogen-bond donors (Lipinski definition) is 2. The number of oxazole rings is 1. The lowest BCUT2D eigenvalue weighted by atomic mass is 10.2. The van der Waals surface area contributed by atoms with Crippen LogP contribution in [0.3, 0.4) is 0 Å². The molecule has 0 saturated carbocycles. The van der Waals surface area contributed by atoms with Gasteiger partial charge in [0, 0.05) is 31.6 Å². The summed E-state index contributed by atoms with van der Waals surface area (Å²) in [6, 6.07) is 13.1. The van der Waals surface area contributed by atoms with Crippen LogP contribution in [0, 0.1) is 0 Å². The lowest BCUT2D eigenvalue weighted by Crippen LogP contribution is -2.36. The van der Waals surface area contributed by atoms with Gasteiger partial charge < -0.3 is 15.1 Å². The van der Waals surface area contributed by atoms with Crippen LogP contribution in [0.15, 0.2) is 62.3 Å². The van der Waals surface area contributed by atoms with E-state index in [1.807, 2.05) is 30.3 Å². The van der Waals surface area contributed by atoms with Crippen LogP contribution in [0.5, 0.6) is 0 Å². The van der Waals surface area contributed by atoms with Crippen LogP contribution in [-0.2, 0) is 23.1 Å². The Bertz CT molecular complexity index is 1070. The van der Waals surface area contributed by atoms with Crippen LogP contribution < -0.4 is 10.6 Å². The summed E-state index contributed by atoms with van der Waals surface area (Å²) in [6.07, 6.45) is 1.61. The number of nitrogens with zero attached hydrogens (tertiary/aromatic N) is 3. The second-order valence-corrected chi connectivity index (χ2v) is 9.84. The average molecular weight is 434 g/mol. The van der Waals surface area contributed by atoms with Gasteiger partial charge >= 0.3 is 0 Å². The van der Waals surface area contributed by atoms with E-state index in [0.717, 1.165) is 16.1 Å². The molecule has 0 atom stereocenters. The van der Waals surface area contributed by atoms with Gasteiger partial charge in [0.1, 0.15) is 10.5 Å². The van der Waals surface area contributed by atoms with E-state index in [4.69, 9.17) is 4.42 Å². The highest BCUT2D eigenvalue weighted by atomic mass is 32.2. The molecule has 8 nitrogen and oxygen atoms in total. The van der Waals surface area contributed by atoms with Gasteiger partial charge in [0.2, 0.25) is 5.89 Å². The number of sulfonamides is 1. The SMILES string of the molecule is CN=C(NCc1coc(-c2ccccc2)n1)NCc1ccc(S(=O)(=O)N(C)C)s1. The fraction of sp³-hybridized carbons (Fsp3) is 0.263. The molecular weight excluding hydrogens is 410 g/mol. The summed E-state index contributed by atoms with van der Waals surface area (Å²) in [5.41, 5.74) is 1.67. The molecule has 0 bridgehead atoms. The number of nitrogens with one attached hydrogen (secondary N) is 2. The van der Waals surface area contributed by atoms with Crippen molar-refractivity contribution in [2.75, 3.05) is 21.1 Å². The largest absolute Gasteiger partial charge is 0.444 e. The zero-order valence-corrected chi connectivity index (χ0v) is 18.0. The molecule has 2 N–H and O–H groups in total. The molecule has 0 saturated heterocycles. The van der Waals surface area contributed by atoms with Gasteiger partial charge in [0.05, 0.1) is 18.8 Å². The molecule has 1 aromatic carbocycles. The molecule has 0 fully saturated rings. The maximum Gasteiger partial charge on any atom is 0.252 e. The monoisotopic (exact) mass is 433 g/mol. The summed E-state index contributed by atoms with van der Waals surface area (Å²) < 4.78 is 31.4. The molecule has 0 unspecified atom stereocenters. The van der Waals surface area contributed by atoms with Gasteiger partial charge in [0.25, 0.3) is 10.0 Å². The highest BCUT2D eigenvalue weighted by molar-refractivity contribution is 7.91. The van der Waals surface area contributed by atoms with Gasteiger partial charge in [-0.05, 0) is 24.3 Å². The van der Waals surface area contributed by atoms with E-state index >= 15 is 0 Å². The smallest absolute Gasteiger partial charge is 0.252 e. The topological polar surface area (TPSA) is 99.8 Å². The molecule has 0 aliphatic carbocycles. The molecule has 10 heteroatoms. The molecule has 154 valence electrons. The lowest BCUT2D eigenvalue weighted by molar-refractivity contribution is 0.523. The highest BCUT2D eigenvalue weighted by Gasteiger charge is 2.19. The molecule has 0 radical (unpaired) electrons. The second kappa shape index (κ2) is 9.21. The standard InChI is InChI=1S/C19H23N5O3S2/c1-20-19(22-12-16-9-10-17(28-16)29(25,26)24(2)3)21-11-15-13-27-18(23-15)14-7-5-4-6-8-14/h4-10,13H,11-12H2,1-3H3,(H2,20,21,22). The van der Waals surface area contributed by atoms with E-state index < -0.39 is 10.0 Å². The van der Waals surface area contributed by atoms with Crippen molar-refractivity contribution >= 4 is 27.3 Å². The Morgan fingerprint density at radius 3 is 2.55 bits per heavy atom. The van der Waals surface area contributed by atoms with Gasteiger partial charge in [-0.2, -0.15) is 0 Å². The molecule has 29 heavy (non-hydrogen) atoms. The van der Waals surface area contributed by atoms with Crippen molar-refractivity contribution < 1.29 is 12.8 Å². The molecule has 3 aromatic rings. The minimum atomic E-state index is -3.41. The fourth-order valence-electron chi connectivity index (χ4n) is 2.44. The number of aromatic nitrogens is 1. The fourth-order valence-corrected chi connectivity index (χ4v) is 4.90. The zero-order valence-electron chi connectivity index (χ0n) is 16.4. The van der Waals surface area contributed by atoms with Gasteiger partial charge in [-0.3, -0.25) is 4.99 Å². The highest BCUT2D eigenvalue weighted by Crippen LogP contribution is 2.23. The number of hydrogen-bond acceptors (Lipinski definition) is 6. The predicted octanol–water partition coefficient (Wildman–Crippen LogP) is 2.52. The maximum atomic E-state index is 12.2. The Kier molecular flexibility index (Phi) is 6.68. The molecule has 2 heterocycles. The first kappa shape index (κ1) is 21.0. The zero-order chi connectivity index (χ0) is 20.9. The van der Waals surface area contributed by atoms with E-state index in [1.165, 1.54) is 29.7 Å². The van der Waals surface area contributed by atoms with Crippen LogP contribution in [0.4, 0.5) is 0 Å². The molecule has 2 aromatic heterocycles. The molecule has 0 aliphatic heterocycles. The van der Waals surface area contributed by atoms with Gasteiger partial charge in [0.15, 0.2) is 5.96 Å². The third kappa shape index (κ3) is 5.22. The summed E-state index contributed by atoms with van der Waals surface area (Å²) in [6.45, 7) is 0.905. The van der Waals surface area contributed by atoms with Crippen molar-refractivity contribution in [3.05, 3.63) is 59.3 Å². The molecule has 3 rings (SSSR count). The molecule has 0 aliphatic rings. The van der Waals surface area contributed by atoms with E-state index in [2.05, 4.69) is 20.6 Å². The Balaban J connectivity index is 1.54. The first-order valence-corrected chi connectivity index (χ1v) is 11.1. The van der Waals surface area contributed by atoms with Crippen LogP contribution in [-0.4, -0.2) is 44.8 Å². The van der Waals surface area contributed by atoms with Gasteiger partial charge in [-0.25, -0.2) is 17.7 Å². The number of rotatable bonds is 7. The predicted molar refractivity (Wildman–Crippen MR) is 114 cm³/mol. The second-order valence-electron chi connectivity index (χ2n) is 6.30. The summed E-state index contributed by atoms with van der Waals surface area (Å²) in [5, 5.41) is 6.34. The van der Waals surface area contributed by atoms with E-state index in [9.17, 15) is 8.42 Å². The minimum Gasteiger partial charge on any atom is -0.444 e. The minimum absolute atomic E-state index is 0.318. The Labute approximate surface area is 174 Å². The van der Waals surface area contributed by atoms with Crippen molar-refractivity contribution in [1.29, 1.82) is 0 Å². The number of benzene rings is 1. The molecular formula is C19H23N5O3S2. The summed E-state index contributed by atoms with van der Waals surface area (Å²) in [7, 11) is 1.30. The van der Waals surface area contributed by atoms with Crippen LogP contribution in [0.25, 0.3) is 11.5 Å². The van der Waals surface area contributed by atoms with Crippen molar-refractivity contribution in [1.82, 2.24) is 19.9 Å². The third-order valence-corrected chi connectivity index (χ3v) is 7.40. The number of guanidine groups is 1. The lowest BCUT2D eigenvalue weighted by Gasteiger charge is -2.10. The van der Waals surface area contributed by atoms with Crippen molar-refractivity contribution in [3.8, 4) is 11.5 Å². The first-order valence-electron chi connectivity index (χ1n) is 8.85. The summed E-state index contributed by atoms with van der Waals surface area (Å²) in [4.78, 5) is 9.54. The van der Waals surface area contributed by atoms with Gasteiger partial charge in [-0.15, -0.1) is 11.3 Å². The van der Waals surface area contributed by atoms with E-state index in [0.29, 0.717) is 29.1 Å². The van der Waals surface area contributed by atoms with Crippen LogP contribution >= 0.6 is 11.3 Å². The summed E-state index contributed by atoms with van der Waals surface area (Å²) in [5.74, 6) is 1.15. The normalized spacial score (nSPS) is 12.3. The Morgan fingerprint density at radius 1 is 1.14 bits per heavy atom. The summed E-state index contributed by atoms with van der Waals surface area (Å²) >= 11 is 1.23. The van der Waals surface area contributed by atoms with Crippen molar-refractivity contribution in [3.63, 3.8) is 0 Å². The van der Waals surface area contributed by atoms with E-state index in [1.54, 1.807) is 25.4 Å². The number of aliphatic imine (C=N–C) groups is 1. The van der Waals surface area contributed by atoms with Crippen LogP contribution in [0.1, 0.15) is 10.6 Å². The molecule has 0 spiro atoms. The Morgan fingerprint density at radius 2 is 1.86 bits per heavy atom. The third-order valence-electron chi connectivity index (χ3n) is 4.04. The van der Waals surface area contributed by atoms with Crippen molar-refractivity contribution in [2.24, 2.45) is 4.99 Å². The average Bonchev–Trinajstić information content (AvgIpc) is 3.39. The van der Waals surface area contributed by atoms with Crippen molar-refractivity contribution in [2.45, 2.75) is 17.3 Å². The van der Waals surface area contributed by atoms with E-state index in [-0.39, 0.29) is 0 Å².